The summed E-state index contributed by atoms with van der Waals surface area (Å²) in [4.78, 5) is 14.5. The average Bonchev–Trinajstić information content (AvgIpc) is 2.27. The van der Waals surface area contributed by atoms with Gasteiger partial charge in [-0.1, -0.05) is 6.07 Å². The maximum atomic E-state index is 10.7. The van der Waals surface area contributed by atoms with Crippen LogP contribution in [0.15, 0.2) is 24.3 Å². The molecule has 0 aliphatic carbocycles. The van der Waals surface area contributed by atoms with E-state index in [2.05, 4.69) is 4.98 Å². The van der Waals surface area contributed by atoms with Gasteiger partial charge in [0.1, 0.15) is 5.75 Å². The molecule has 16 heavy (non-hydrogen) atoms. The number of carboxylic acid groups (broad SMARTS) is 1. The summed E-state index contributed by atoms with van der Waals surface area (Å²) in [7, 11) is 0. The third kappa shape index (κ3) is 1.53. The van der Waals surface area contributed by atoms with Crippen molar-refractivity contribution in [1.82, 2.24) is 4.98 Å². The van der Waals surface area contributed by atoms with E-state index in [1.807, 2.05) is 6.07 Å². The molecule has 1 aromatic carbocycles. The smallest absolute Gasteiger partial charge is 0.358 e. The van der Waals surface area contributed by atoms with Crippen molar-refractivity contribution >= 4 is 16.9 Å². The minimum atomic E-state index is -1.30. The Labute approximate surface area is 90.2 Å². The lowest BCUT2D eigenvalue weighted by molar-refractivity contribution is 0.0687. The molecule has 1 aromatic heterocycles. The van der Waals surface area contributed by atoms with Gasteiger partial charge in [-0.05, 0) is 18.2 Å². The molecular weight excluding hydrogens is 208 g/mol. The summed E-state index contributed by atoms with van der Waals surface area (Å²) in [6, 6.07) is 7.90. The van der Waals surface area contributed by atoms with Crippen molar-refractivity contribution in [2.45, 2.75) is 0 Å². The van der Waals surface area contributed by atoms with Crippen LogP contribution in [0.2, 0.25) is 0 Å². The Balaban J connectivity index is 2.76. The maximum Gasteiger partial charge on any atom is 0.358 e. The second-order valence-corrected chi connectivity index (χ2v) is 3.18. The molecule has 0 saturated carbocycles. The van der Waals surface area contributed by atoms with Crippen LogP contribution in [-0.4, -0.2) is 21.2 Å². The molecule has 78 valence electrons. The van der Waals surface area contributed by atoms with Crippen molar-refractivity contribution in [3.05, 3.63) is 35.5 Å². The van der Waals surface area contributed by atoms with Gasteiger partial charge in [-0.3, -0.25) is 0 Å². The predicted molar refractivity (Wildman–Crippen MR) is 55.1 cm³/mol. The summed E-state index contributed by atoms with van der Waals surface area (Å²) in [6.45, 7) is 0. The number of aromatic carboxylic acids is 1. The highest BCUT2D eigenvalue weighted by molar-refractivity contribution is 5.93. The van der Waals surface area contributed by atoms with Gasteiger partial charge in [0, 0.05) is 5.39 Å². The molecule has 0 aliphatic heterocycles. The largest absolute Gasteiger partial charge is 0.505 e. The number of nitrogens with zero attached hydrogens (tertiary/aromatic N) is 2. The SMILES string of the molecule is N#Cc1ccc2cc(O)c(C(=O)O)nc2c1. The zero-order valence-electron chi connectivity index (χ0n) is 8.01. The van der Waals surface area contributed by atoms with Gasteiger partial charge in [0.05, 0.1) is 17.1 Å². The molecule has 2 rings (SSSR count). The zero-order valence-corrected chi connectivity index (χ0v) is 8.01. The number of nitriles is 1. The summed E-state index contributed by atoms with van der Waals surface area (Å²) < 4.78 is 0. The molecule has 5 nitrogen and oxygen atoms in total. The van der Waals surface area contributed by atoms with Gasteiger partial charge in [0.15, 0.2) is 5.69 Å². The van der Waals surface area contributed by atoms with Gasteiger partial charge >= 0.3 is 5.97 Å². The van der Waals surface area contributed by atoms with Crippen molar-refractivity contribution in [2.75, 3.05) is 0 Å². The normalized spacial score (nSPS) is 9.94. The molecule has 0 atom stereocenters. The molecule has 0 spiro atoms. The lowest BCUT2D eigenvalue weighted by Gasteiger charge is -2.02. The third-order valence-electron chi connectivity index (χ3n) is 2.13. The van der Waals surface area contributed by atoms with Gasteiger partial charge < -0.3 is 10.2 Å². The van der Waals surface area contributed by atoms with Crippen LogP contribution < -0.4 is 0 Å². The first-order valence-electron chi connectivity index (χ1n) is 4.39. The first-order valence-corrected chi connectivity index (χ1v) is 4.39. The van der Waals surface area contributed by atoms with Crippen LogP contribution in [0.5, 0.6) is 5.75 Å². The van der Waals surface area contributed by atoms with Crippen molar-refractivity contribution in [1.29, 1.82) is 5.26 Å². The van der Waals surface area contributed by atoms with Gasteiger partial charge in [-0.2, -0.15) is 5.26 Å². The molecule has 0 bridgehead atoms. The summed E-state index contributed by atoms with van der Waals surface area (Å²) >= 11 is 0. The van der Waals surface area contributed by atoms with E-state index in [1.165, 1.54) is 12.1 Å². The average molecular weight is 214 g/mol. The van der Waals surface area contributed by atoms with Crippen LogP contribution in [0.3, 0.4) is 0 Å². The van der Waals surface area contributed by atoms with E-state index in [0.717, 1.165) is 0 Å². The number of benzene rings is 1. The van der Waals surface area contributed by atoms with Gasteiger partial charge in [-0.15, -0.1) is 0 Å². The molecule has 1 heterocycles. The van der Waals surface area contributed by atoms with Gasteiger partial charge in [0.2, 0.25) is 0 Å². The second-order valence-electron chi connectivity index (χ2n) is 3.18. The minimum absolute atomic E-state index is 0.370. The first-order chi connectivity index (χ1) is 7.61. The molecule has 2 N–H and O–H groups in total. The molecule has 0 radical (unpaired) electrons. The highest BCUT2D eigenvalue weighted by atomic mass is 16.4. The summed E-state index contributed by atoms with van der Waals surface area (Å²) in [5.41, 5.74) is 0.346. The van der Waals surface area contributed by atoms with Crippen molar-refractivity contribution in [3.63, 3.8) is 0 Å². The number of aromatic hydroxyl groups is 1. The molecular formula is C11H6N2O3. The van der Waals surface area contributed by atoms with Crippen molar-refractivity contribution in [2.24, 2.45) is 0 Å². The Morgan fingerprint density at radius 2 is 2.12 bits per heavy atom. The highest BCUT2D eigenvalue weighted by Crippen LogP contribution is 2.22. The van der Waals surface area contributed by atoms with E-state index in [-0.39, 0.29) is 5.75 Å². The standard InChI is InChI=1S/C11H6N2O3/c12-5-6-1-2-7-4-9(14)10(11(15)16)13-8(7)3-6/h1-4,14H,(H,15,16). The zero-order chi connectivity index (χ0) is 11.7. The molecule has 0 amide bonds. The van der Waals surface area contributed by atoms with E-state index in [1.54, 1.807) is 12.1 Å². The second kappa shape index (κ2) is 3.51. The van der Waals surface area contributed by atoms with Crippen LogP contribution in [-0.2, 0) is 0 Å². The monoisotopic (exact) mass is 214 g/mol. The maximum absolute atomic E-state index is 10.7. The summed E-state index contributed by atoms with van der Waals surface area (Å²) in [6.07, 6.45) is 0. The van der Waals surface area contributed by atoms with Gasteiger partial charge in [0.25, 0.3) is 0 Å². The summed E-state index contributed by atoms with van der Waals surface area (Å²) in [5.74, 6) is -1.69. The molecule has 5 heteroatoms. The van der Waals surface area contributed by atoms with E-state index in [0.29, 0.717) is 16.5 Å². The van der Waals surface area contributed by atoms with Crippen LogP contribution >= 0.6 is 0 Å². The number of rotatable bonds is 1. The molecule has 0 saturated heterocycles. The van der Waals surface area contributed by atoms with E-state index >= 15 is 0 Å². The Bertz CT molecular complexity index is 629. The molecule has 0 aliphatic rings. The number of carboxylic acids is 1. The predicted octanol–water partition coefficient (Wildman–Crippen LogP) is 1.51. The number of fused-ring (bicyclic) bond motifs is 1. The number of hydrogen-bond acceptors (Lipinski definition) is 4. The summed E-state index contributed by atoms with van der Waals surface area (Å²) in [5, 5.41) is 27.4. The molecule has 0 fully saturated rings. The lowest BCUT2D eigenvalue weighted by Crippen LogP contribution is -2.00. The Kier molecular flexibility index (Phi) is 2.18. The fraction of sp³-hybridized carbons (Fsp3) is 0. The fourth-order valence-corrected chi connectivity index (χ4v) is 1.38. The van der Waals surface area contributed by atoms with E-state index in [4.69, 9.17) is 10.4 Å². The van der Waals surface area contributed by atoms with E-state index in [9.17, 15) is 9.90 Å². The van der Waals surface area contributed by atoms with Crippen LogP contribution in [0.25, 0.3) is 10.9 Å². The molecule has 0 unspecified atom stereocenters. The first kappa shape index (κ1) is 9.93. The van der Waals surface area contributed by atoms with Crippen molar-refractivity contribution < 1.29 is 15.0 Å². The highest BCUT2D eigenvalue weighted by Gasteiger charge is 2.12. The van der Waals surface area contributed by atoms with Gasteiger partial charge in [-0.25, -0.2) is 9.78 Å². The van der Waals surface area contributed by atoms with Crippen LogP contribution in [0.1, 0.15) is 16.1 Å². The van der Waals surface area contributed by atoms with Crippen molar-refractivity contribution in [3.8, 4) is 11.8 Å². The number of carbonyl (C=O) groups is 1. The van der Waals surface area contributed by atoms with Crippen LogP contribution in [0.4, 0.5) is 0 Å². The third-order valence-corrected chi connectivity index (χ3v) is 2.13. The minimum Gasteiger partial charge on any atom is -0.505 e. The Morgan fingerprint density at radius 3 is 2.75 bits per heavy atom. The Hall–Kier alpha value is -2.61. The number of pyridine rings is 1. The quantitative estimate of drug-likeness (QED) is 0.750. The lowest BCUT2D eigenvalue weighted by atomic mass is 10.1. The number of aromatic nitrogens is 1. The molecule has 2 aromatic rings. The topological polar surface area (TPSA) is 94.2 Å². The number of hydrogen-bond donors (Lipinski definition) is 2. The van der Waals surface area contributed by atoms with E-state index < -0.39 is 11.7 Å². The Morgan fingerprint density at radius 1 is 1.38 bits per heavy atom. The van der Waals surface area contributed by atoms with Crippen LogP contribution in [0, 0.1) is 11.3 Å². The fourth-order valence-electron chi connectivity index (χ4n) is 1.38.